The van der Waals surface area contributed by atoms with Crippen molar-refractivity contribution in [3.8, 4) is 11.5 Å². The Bertz CT molecular complexity index is 793. The standard InChI is InChI=1S/C18H19FN2O4/c1-4-25-15-8-6-12(9-16(15)24-3)17(22)20-21-18(23)14-10-13(19)7-5-11(14)2/h5-10H,4H2,1-3H3,(H,20,22)(H,21,23). The molecule has 0 spiro atoms. The van der Waals surface area contributed by atoms with Gasteiger partial charge in [-0.2, -0.15) is 0 Å². The molecule has 0 bridgehead atoms. The van der Waals surface area contributed by atoms with Crippen molar-refractivity contribution in [1.82, 2.24) is 10.9 Å². The number of nitrogens with one attached hydrogen (secondary N) is 2. The van der Waals surface area contributed by atoms with Crippen LogP contribution in [-0.2, 0) is 0 Å². The van der Waals surface area contributed by atoms with Gasteiger partial charge in [-0.15, -0.1) is 0 Å². The highest BCUT2D eigenvalue weighted by atomic mass is 19.1. The summed E-state index contributed by atoms with van der Waals surface area (Å²) in [6.07, 6.45) is 0. The first-order valence-electron chi connectivity index (χ1n) is 7.64. The van der Waals surface area contributed by atoms with E-state index in [1.807, 2.05) is 6.92 Å². The van der Waals surface area contributed by atoms with Gasteiger partial charge in [0.25, 0.3) is 11.8 Å². The quantitative estimate of drug-likeness (QED) is 0.816. The van der Waals surface area contributed by atoms with Crippen molar-refractivity contribution in [2.24, 2.45) is 0 Å². The molecule has 0 radical (unpaired) electrons. The molecule has 0 fully saturated rings. The number of rotatable bonds is 5. The van der Waals surface area contributed by atoms with Crippen molar-refractivity contribution in [2.75, 3.05) is 13.7 Å². The summed E-state index contributed by atoms with van der Waals surface area (Å²) in [7, 11) is 1.47. The summed E-state index contributed by atoms with van der Waals surface area (Å²) in [6, 6.07) is 8.51. The van der Waals surface area contributed by atoms with Crippen molar-refractivity contribution in [1.29, 1.82) is 0 Å². The minimum absolute atomic E-state index is 0.143. The minimum atomic E-state index is -0.608. The molecule has 7 heteroatoms. The third kappa shape index (κ3) is 4.47. The highest BCUT2D eigenvalue weighted by Gasteiger charge is 2.14. The first-order chi connectivity index (χ1) is 12.0. The van der Waals surface area contributed by atoms with E-state index in [4.69, 9.17) is 9.47 Å². The van der Waals surface area contributed by atoms with Crippen LogP contribution in [0, 0.1) is 12.7 Å². The van der Waals surface area contributed by atoms with Gasteiger partial charge in [0.05, 0.1) is 13.7 Å². The Kier molecular flexibility index (Phi) is 5.94. The van der Waals surface area contributed by atoms with Gasteiger partial charge >= 0.3 is 0 Å². The van der Waals surface area contributed by atoms with Crippen LogP contribution in [0.25, 0.3) is 0 Å². The minimum Gasteiger partial charge on any atom is -0.493 e. The number of hydrogen-bond donors (Lipinski definition) is 2. The molecule has 0 aromatic heterocycles. The predicted molar refractivity (Wildman–Crippen MR) is 90.2 cm³/mol. The second kappa shape index (κ2) is 8.14. The van der Waals surface area contributed by atoms with Crippen LogP contribution in [0.3, 0.4) is 0 Å². The van der Waals surface area contributed by atoms with Crippen molar-refractivity contribution >= 4 is 11.8 Å². The molecule has 0 saturated heterocycles. The number of carbonyl (C=O) groups excluding carboxylic acids is 2. The van der Waals surface area contributed by atoms with Gasteiger partial charge in [-0.1, -0.05) is 6.07 Å². The molecule has 0 aliphatic heterocycles. The van der Waals surface area contributed by atoms with E-state index in [2.05, 4.69) is 10.9 Å². The SMILES string of the molecule is CCOc1ccc(C(=O)NNC(=O)c2cc(F)ccc2C)cc1OC. The summed E-state index contributed by atoms with van der Waals surface area (Å²) in [4.78, 5) is 24.3. The summed E-state index contributed by atoms with van der Waals surface area (Å²) in [5.74, 6) is -0.756. The Labute approximate surface area is 144 Å². The lowest BCUT2D eigenvalue weighted by Gasteiger charge is -2.12. The number of methoxy groups -OCH3 is 1. The molecule has 2 amide bonds. The summed E-state index contributed by atoms with van der Waals surface area (Å²) >= 11 is 0. The topological polar surface area (TPSA) is 76.7 Å². The van der Waals surface area contributed by atoms with E-state index in [1.165, 1.54) is 25.3 Å². The van der Waals surface area contributed by atoms with E-state index in [0.29, 0.717) is 23.7 Å². The van der Waals surface area contributed by atoms with Crippen LogP contribution in [-0.4, -0.2) is 25.5 Å². The van der Waals surface area contributed by atoms with Crippen LogP contribution in [0.5, 0.6) is 11.5 Å². The first-order valence-corrected chi connectivity index (χ1v) is 7.64. The molecule has 0 saturated carbocycles. The Balaban J connectivity index is 2.07. The number of aryl methyl sites for hydroxylation is 1. The average molecular weight is 346 g/mol. The van der Waals surface area contributed by atoms with Crippen LogP contribution < -0.4 is 20.3 Å². The van der Waals surface area contributed by atoms with Gasteiger partial charge in [-0.25, -0.2) is 4.39 Å². The number of halogens is 1. The molecule has 2 aromatic carbocycles. The Morgan fingerprint density at radius 3 is 2.44 bits per heavy atom. The lowest BCUT2D eigenvalue weighted by Crippen LogP contribution is -2.41. The Hall–Kier alpha value is -3.09. The van der Waals surface area contributed by atoms with Crippen LogP contribution in [0.2, 0.25) is 0 Å². The van der Waals surface area contributed by atoms with E-state index >= 15 is 0 Å². The number of hydrazine groups is 1. The molecule has 2 rings (SSSR count). The van der Waals surface area contributed by atoms with Gasteiger partial charge in [0.2, 0.25) is 0 Å². The zero-order valence-corrected chi connectivity index (χ0v) is 14.2. The summed E-state index contributed by atoms with van der Waals surface area (Å²) < 4.78 is 23.8. The average Bonchev–Trinajstić information content (AvgIpc) is 2.62. The molecular formula is C18H19FN2O4. The fraction of sp³-hybridized carbons (Fsp3) is 0.222. The number of benzene rings is 2. The summed E-state index contributed by atoms with van der Waals surface area (Å²) in [6.45, 7) is 3.97. The smallest absolute Gasteiger partial charge is 0.270 e. The number of hydrogen-bond acceptors (Lipinski definition) is 4. The largest absolute Gasteiger partial charge is 0.493 e. The molecule has 0 atom stereocenters. The van der Waals surface area contributed by atoms with E-state index in [-0.39, 0.29) is 11.1 Å². The van der Waals surface area contributed by atoms with E-state index in [0.717, 1.165) is 6.07 Å². The van der Waals surface area contributed by atoms with Gasteiger partial charge in [0, 0.05) is 11.1 Å². The molecule has 2 N–H and O–H groups in total. The molecule has 132 valence electrons. The van der Waals surface area contributed by atoms with Crippen molar-refractivity contribution in [3.63, 3.8) is 0 Å². The lowest BCUT2D eigenvalue weighted by atomic mass is 10.1. The van der Waals surface area contributed by atoms with Gasteiger partial charge in [0.1, 0.15) is 5.82 Å². The van der Waals surface area contributed by atoms with Crippen molar-refractivity contribution in [2.45, 2.75) is 13.8 Å². The molecule has 0 unspecified atom stereocenters. The maximum Gasteiger partial charge on any atom is 0.270 e. The third-order valence-corrected chi connectivity index (χ3v) is 3.46. The van der Waals surface area contributed by atoms with Crippen LogP contribution in [0.15, 0.2) is 36.4 Å². The lowest BCUT2D eigenvalue weighted by molar-refractivity contribution is 0.0846. The molecular weight excluding hydrogens is 327 g/mol. The monoisotopic (exact) mass is 346 g/mol. The third-order valence-electron chi connectivity index (χ3n) is 3.46. The molecule has 6 nitrogen and oxygen atoms in total. The molecule has 0 heterocycles. The predicted octanol–water partition coefficient (Wildman–Crippen LogP) is 2.62. The molecule has 25 heavy (non-hydrogen) atoms. The van der Waals surface area contributed by atoms with Crippen molar-refractivity contribution < 1.29 is 23.5 Å². The van der Waals surface area contributed by atoms with Gasteiger partial charge in [0.15, 0.2) is 11.5 Å². The van der Waals surface area contributed by atoms with Gasteiger partial charge in [-0.3, -0.25) is 20.4 Å². The molecule has 2 aromatic rings. The highest BCUT2D eigenvalue weighted by Crippen LogP contribution is 2.27. The van der Waals surface area contributed by atoms with E-state index in [1.54, 1.807) is 19.1 Å². The van der Waals surface area contributed by atoms with Crippen LogP contribution in [0.4, 0.5) is 4.39 Å². The Morgan fingerprint density at radius 2 is 1.76 bits per heavy atom. The molecule has 0 aliphatic carbocycles. The van der Waals surface area contributed by atoms with E-state index in [9.17, 15) is 14.0 Å². The number of amides is 2. The van der Waals surface area contributed by atoms with Gasteiger partial charge in [-0.05, 0) is 49.7 Å². The second-order valence-electron chi connectivity index (χ2n) is 5.17. The zero-order valence-electron chi connectivity index (χ0n) is 14.2. The fourth-order valence-corrected chi connectivity index (χ4v) is 2.18. The summed E-state index contributed by atoms with van der Waals surface area (Å²) in [5.41, 5.74) is 5.57. The number of carbonyl (C=O) groups is 2. The fourth-order valence-electron chi connectivity index (χ4n) is 2.18. The maximum absolute atomic E-state index is 13.3. The highest BCUT2D eigenvalue weighted by molar-refractivity contribution is 6.00. The van der Waals surface area contributed by atoms with Crippen LogP contribution >= 0.6 is 0 Å². The first kappa shape index (κ1) is 18.3. The Morgan fingerprint density at radius 1 is 1.04 bits per heavy atom. The van der Waals surface area contributed by atoms with E-state index < -0.39 is 17.6 Å². The normalized spacial score (nSPS) is 10.1. The van der Waals surface area contributed by atoms with Crippen molar-refractivity contribution in [3.05, 3.63) is 58.9 Å². The molecule has 0 aliphatic rings. The zero-order chi connectivity index (χ0) is 18.4. The maximum atomic E-state index is 13.3. The van der Waals surface area contributed by atoms with Gasteiger partial charge < -0.3 is 9.47 Å². The second-order valence-corrected chi connectivity index (χ2v) is 5.17. The number of ether oxygens (including phenoxy) is 2. The van der Waals surface area contributed by atoms with Crippen LogP contribution in [0.1, 0.15) is 33.2 Å². The summed E-state index contributed by atoms with van der Waals surface area (Å²) in [5, 5.41) is 0.